The molecule has 0 bridgehead atoms. The maximum atomic E-state index is 9.95. The van der Waals surface area contributed by atoms with Crippen LogP contribution in [0.5, 0.6) is 0 Å². The molecule has 0 saturated heterocycles. The summed E-state index contributed by atoms with van der Waals surface area (Å²) in [5.74, 6) is -0.889. The fourth-order valence-electron chi connectivity index (χ4n) is 0.102. The van der Waals surface area contributed by atoms with Gasteiger partial charge in [0.05, 0.1) is 0 Å². The normalized spacial score (nSPS) is 7.09. The topological polar surface area (TPSA) is 66.4 Å². The van der Waals surface area contributed by atoms with Crippen LogP contribution in [0.1, 0.15) is 13.3 Å². The van der Waals surface area contributed by atoms with Crippen molar-refractivity contribution in [3.8, 4) is 0 Å². The molecule has 0 aliphatic carbocycles. The molecule has 0 fully saturated rings. The van der Waals surface area contributed by atoms with E-state index in [0.29, 0.717) is 0 Å². The number of carboxylic acids is 1. The minimum Gasteiger partial charge on any atom is -0.481 e. The van der Waals surface area contributed by atoms with Gasteiger partial charge in [0.25, 0.3) is 0 Å². The molecule has 4 nitrogen and oxygen atoms in total. The monoisotopic (exact) mass is 159 g/mol. The summed E-state index contributed by atoms with van der Waals surface area (Å²) in [5.41, 5.74) is 0. The summed E-state index contributed by atoms with van der Waals surface area (Å²) < 4.78 is 0. The largest absolute Gasteiger partial charge is 0.481 e. The van der Waals surface area contributed by atoms with E-state index in [-0.39, 0.29) is 12.3 Å². The molecule has 0 atom stereocenters. The number of nitrogens with one attached hydrogen (secondary N) is 1. The Morgan fingerprint density at radius 1 is 1.64 bits per heavy atom. The smallest absolute Gasteiger partial charge is 0.303 e. The summed E-state index contributed by atoms with van der Waals surface area (Å²) >= 11 is 0. The van der Waals surface area contributed by atoms with Gasteiger partial charge in [-0.3, -0.25) is 9.59 Å². The van der Waals surface area contributed by atoms with E-state index in [2.05, 4.69) is 11.9 Å². The first-order chi connectivity index (χ1) is 5.08. The Labute approximate surface area is 65.9 Å². The molecule has 0 radical (unpaired) electrons. The van der Waals surface area contributed by atoms with Gasteiger partial charge in [-0.05, 0) is 6.08 Å². The molecule has 0 aromatic rings. The number of carbonyl (C=O) groups excluding carboxylic acids is 1. The molecule has 0 aromatic carbocycles. The van der Waals surface area contributed by atoms with Crippen LogP contribution in [-0.2, 0) is 9.59 Å². The number of amides is 1. The number of carboxylic acid groups (broad SMARTS) is 1. The van der Waals surface area contributed by atoms with Crippen LogP contribution in [0.15, 0.2) is 12.7 Å². The molecular weight excluding hydrogens is 146 g/mol. The van der Waals surface area contributed by atoms with Crippen molar-refractivity contribution in [3.05, 3.63) is 12.7 Å². The predicted molar refractivity (Wildman–Crippen MR) is 42.2 cm³/mol. The van der Waals surface area contributed by atoms with Gasteiger partial charge in [0, 0.05) is 13.5 Å². The lowest BCUT2D eigenvalue weighted by atomic mass is 10.5. The fraction of sp³-hybridized carbons (Fsp3) is 0.429. The van der Waals surface area contributed by atoms with Crippen LogP contribution in [0.3, 0.4) is 0 Å². The average Bonchev–Trinajstić information content (AvgIpc) is 2.04. The van der Waals surface area contributed by atoms with Crippen LogP contribution in [-0.4, -0.2) is 24.0 Å². The summed E-state index contributed by atoms with van der Waals surface area (Å²) in [6.07, 6.45) is 1.44. The van der Waals surface area contributed by atoms with Gasteiger partial charge in [-0.15, -0.1) is 0 Å². The summed E-state index contributed by atoms with van der Waals surface area (Å²) in [5, 5.41) is 10.1. The number of hydrogen-bond donors (Lipinski definition) is 2. The lowest BCUT2D eigenvalue weighted by Crippen LogP contribution is -2.13. The molecule has 0 unspecified atom stereocenters. The first-order valence-corrected chi connectivity index (χ1v) is 3.14. The van der Waals surface area contributed by atoms with Crippen molar-refractivity contribution in [2.75, 3.05) is 7.05 Å². The second kappa shape index (κ2) is 8.68. The van der Waals surface area contributed by atoms with E-state index >= 15 is 0 Å². The summed E-state index contributed by atoms with van der Waals surface area (Å²) in [4.78, 5) is 19.3. The molecule has 2 N–H and O–H groups in total. The van der Waals surface area contributed by atoms with E-state index in [1.807, 2.05) is 0 Å². The van der Waals surface area contributed by atoms with E-state index in [0.717, 1.165) is 0 Å². The average molecular weight is 159 g/mol. The summed E-state index contributed by atoms with van der Waals surface area (Å²) in [6.45, 7) is 4.82. The second-order valence-corrected chi connectivity index (χ2v) is 1.57. The van der Waals surface area contributed by atoms with E-state index in [9.17, 15) is 9.59 Å². The minimum absolute atomic E-state index is 0.144. The third kappa shape index (κ3) is 17.7. The van der Waals surface area contributed by atoms with Crippen molar-refractivity contribution in [2.24, 2.45) is 0 Å². The van der Waals surface area contributed by atoms with Gasteiger partial charge in [-0.25, -0.2) is 0 Å². The van der Waals surface area contributed by atoms with Crippen LogP contribution in [0, 0.1) is 0 Å². The van der Waals surface area contributed by atoms with Gasteiger partial charge < -0.3 is 10.4 Å². The molecule has 0 aromatic heterocycles. The van der Waals surface area contributed by atoms with E-state index in [1.165, 1.54) is 6.08 Å². The van der Waals surface area contributed by atoms with Gasteiger partial charge in [-0.1, -0.05) is 13.5 Å². The zero-order chi connectivity index (χ0) is 9.28. The van der Waals surface area contributed by atoms with Crippen LogP contribution in [0.4, 0.5) is 0 Å². The van der Waals surface area contributed by atoms with E-state index < -0.39 is 5.97 Å². The number of aliphatic carboxylic acids is 1. The van der Waals surface area contributed by atoms with Gasteiger partial charge in [0.1, 0.15) is 0 Å². The van der Waals surface area contributed by atoms with Crippen LogP contribution >= 0.6 is 0 Å². The fourth-order valence-corrected chi connectivity index (χ4v) is 0.102. The maximum Gasteiger partial charge on any atom is 0.303 e. The predicted octanol–water partition coefficient (Wildman–Crippen LogP) is 0.399. The number of carbonyl (C=O) groups is 2. The number of likely N-dealkylation sites (N-methyl/N-ethyl adjacent to an activating group) is 1. The molecular formula is C7H13NO3. The van der Waals surface area contributed by atoms with Crippen molar-refractivity contribution in [1.29, 1.82) is 0 Å². The Kier molecular flexibility index (Phi) is 9.76. The molecule has 0 aliphatic rings. The second-order valence-electron chi connectivity index (χ2n) is 1.57. The molecule has 0 rings (SSSR count). The van der Waals surface area contributed by atoms with Crippen LogP contribution in [0.2, 0.25) is 0 Å². The van der Waals surface area contributed by atoms with Gasteiger partial charge in [0.2, 0.25) is 5.91 Å². The molecule has 0 aliphatic heterocycles. The third-order valence-corrected chi connectivity index (χ3v) is 0.734. The van der Waals surface area contributed by atoms with E-state index in [1.54, 1.807) is 14.0 Å². The van der Waals surface area contributed by atoms with Gasteiger partial charge in [-0.2, -0.15) is 0 Å². The third-order valence-electron chi connectivity index (χ3n) is 0.734. The standard InChI is InChI=1S/C4H7NO.C3H6O2/c1-3-4(6)5-2;1-2-3(4)5/h3H,1H2,2H3,(H,5,6);2H2,1H3,(H,4,5). The van der Waals surface area contributed by atoms with Gasteiger partial charge in [0.15, 0.2) is 0 Å². The molecule has 0 heterocycles. The molecule has 0 spiro atoms. The first-order valence-electron chi connectivity index (χ1n) is 3.14. The first kappa shape index (κ1) is 12.4. The zero-order valence-corrected chi connectivity index (χ0v) is 6.76. The van der Waals surface area contributed by atoms with Gasteiger partial charge >= 0.3 is 5.97 Å². The summed E-state index contributed by atoms with van der Waals surface area (Å²) in [6, 6.07) is 0. The Morgan fingerprint density at radius 3 is 2.00 bits per heavy atom. The highest BCUT2D eigenvalue weighted by Gasteiger charge is 1.80. The van der Waals surface area contributed by atoms with Crippen molar-refractivity contribution in [3.63, 3.8) is 0 Å². The van der Waals surface area contributed by atoms with Crippen molar-refractivity contribution >= 4 is 11.9 Å². The Morgan fingerprint density at radius 2 is 2.00 bits per heavy atom. The number of rotatable bonds is 2. The Bertz CT molecular complexity index is 143. The van der Waals surface area contributed by atoms with Crippen molar-refractivity contribution < 1.29 is 14.7 Å². The molecule has 4 heteroatoms. The lowest BCUT2D eigenvalue weighted by Gasteiger charge is -1.82. The zero-order valence-electron chi connectivity index (χ0n) is 6.76. The number of hydrogen-bond acceptors (Lipinski definition) is 2. The Balaban J connectivity index is 0. The lowest BCUT2D eigenvalue weighted by molar-refractivity contribution is -0.136. The molecule has 11 heavy (non-hydrogen) atoms. The van der Waals surface area contributed by atoms with Crippen LogP contribution in [0.25, 0.3) is 0 Å². The molecule has 64 valence electrons. The highest BCUT2D eigenvalue weighted by atomic mass is 16.4. The van der Waals surface area contributed by atoms with E-state index in [4.69, 9.17) is 5.11 Å². The maximum absolute atomic E-state index is 9.95. The molecule has 1 amide bonds. The quantitative estimate of drug-likeness (QED) is 0.573. The summed E-state index contributed by atoms with van der Waals surface area (Å²) in [7, 11) is 1.56. The SMILES string of the molecule is C=CC(=O)NC.CCC(=O)O. The van der Waals surface area contributed by atoms with Crippen molar-refractivity contribution in [2.45, 2.75) is 13.3 Å². The highest BCUT2D eigenvalue weighted by molar-refractivity contribution is 5.86. The van der Waals surface area contributed by atoms with Crippen molar-refractivity contribution in [1.82, 2.24) is 5.32 Å². The Hall–Kier alpha value is -1.32. The highest BCUT2D eigenvalue weighted by Crippen LogP contribution is 1.67. The van der Waals surface area contributed by atoms with Crippen LogP contribution < -0.4 is 5.32 Å². The molecule has 0 saturated carbocycles. The minimum atomic E-state index is -0.745.